The minimum Gasteiger partial charge on any atom is -0.316 e. The lowest BCUT2D eigenvalue weighted by molar-refractivity contribution is 0.337. The smallest absolute Gasteiger partial charge is 0.0513 e. The molecule has 1 aliphatic heterocycles. The van der Waals surface area contributed by atoms with Gasteiger partial charge in [0.05, 0.1) is 5.69 Å². The molecule has 1 aromatic heterocycles. The molecule has 1 aromatic rings. The molecule has 14 heavy (non-hydrogen) atoms. The Morgan fingerprint density at radius 1 is 1.57 bits per heavy atom. The molecule has 0 saturated carbocycles. The summed E-state index contributed by atoms with van der Waals surface area (Å²) in [6.07, 6.45) is 4.42. The average molecular weight is 188 g/mol. The second-order valence-electron chi connectivity index (χ2n) is 4.70. The van der Waals surface area contributed by atoms with Crippen LogP contribution in [0.5, 0.6) is 0 Å². The predicted molar refractivity (Wildman–Crippen MR) is 56.3 cm³/mol. The summed E-state index contributed by atoms with van der Waals surface area (Å²) in [4.78, 5) is 4.60. The van der Waals surface area contributed by atoms with Crippen LogP contribution in [0, 0.1) is 5.92 Å². The SMILES string of the molecule is CC1Cc2cccnc2C12CCNC2. The quantitative estimate of drug-likeness (QED) is 0.667. The van der Waals surface area contributed by atoms with Gasteiger partial charge in [-0.2, -0.15) is 0 Å². The Labute approximate surface area is 84.7 Å². The van der Waals surface area contributed by atoms with Gasteiger partial charge in [0, 0.05) is 18.2 Å². The molecule has 0 bridgehead atoms. The van der Waals surface area contributed by atoms with Crippen molar-refractivity contribution < 1.29 is 0 Å². The van der Waals surface area contributed by atoms with Crippen molar-refractivity contribution in [3.63, 3.8) is 0 Å². The monoisotopic (exact) mass is 188 g/mol. The first-order valence-electron chi connectivity index (χ1n) is 5.48. The summed E-state index contributed by atoms with van der Waals surface area (Å²) >= 11 is 0. The van der Waals surface area contributed by atoms with Crippen LogP contribution in [0.3, 0.4) is 0 Å². The molecule has 2 unspecified atom stereocenters. The van der Waals surface area contributed by atoms with E-state index in [2.05, 4.69) is 29.4 Å². The fourth-order valence-corrected chi connectivity index (χ4v) is 3.14. The molecule has 1 spiro atoms. The van der Waals surface area contributed by atoms with E-state index >= 15 is 0 Å². The third-order valence-corrected chi connectivity index (χ3v) is 4.02. The molecule has 3 rings (SSSR count). The minimum atomic E-state index is 0.358. The van der Waals surface area contributed by atoms with Gasteiger partial charge in [-0.1, -0.05) is 13.0 Å². The molecule has 1 fully saturated rings. The van der Waals surface area contributed by atoms with Crippen molar-refractivity contribution in [3.05, 3.63) is 29.6 Å². The maximum Gasteiger partial charge on any atom is 0.0513 e. The van der Waals surface area contributed by atoms with Crippen LogP contribution in [0.2, 0.25) is 0 Å². The lowest BCUT2D eigenvalue weighted by Crippen LogP contribution is -2.33. The highest BCUT2D eigenvalue weighted by molar-refractivity contribution is 5.36. The zero-order valence-corrected chi connectivity index (χ0v) is 8.59. The number of hydrogen-bond acceptors (Lipinski definition) is 2. The highest BCUT2D eigenvalue weighted by Crippen LogP contribution is 2.45. The van der Waals surface area contributed by atoms with E-state index in [1.807, 2.05) is 6.20 Å². The van der Waals surface area contributed by atoms with Crippen molar-refractivity contribution in [1.29, 1.82) is 0 Å². The van der Waals surface area contributed by atoms with Gasteiger partial charge in [-0.3, -0.25) is 4.98 Å². The van der Waals surface area contributed by atoms with Crippen molar-refractivity contribution in [2.24, 2.45) is 5.92 Å². The summed E-state index contributed by atoms with van der Waals surface area (Å²) in [7, 11) is 0. The Balaban J connectivity index is 2.14. The molecule has 2 heteroatoms. The first-order valence-corrected chi connectivity index (χ1v) is 5.48. The van der Waals surface area contributed by atoms with E-state index in [9.17, 15) is 0 Å². The van der Waals surface area contributed by atoms with Crippen molar-refractivity contribution >= 4 is 0 Å². The molecule has 1 N–H and O–H groups in total. The van der Waals surface area contributed by atoms with E-state index in [1.54, 1.807) is 0 Å². The molecule has 0 aromatic carbocycles. The summed E-state index contributed by atoms with van der Waals surface area (Å²) in [5.74, 6) is 0.752. The number of nitrogens with zero attached hydrogens (tertiary/aromatic N) is 1. The van der Waals surface area contributed by atoms with Crippen molar-refractivity contribution in [2.75, 3.05) is 13.1 Å². The number of nitrogens with one attached hydrogen (secondary N) is 1. The average Bonchev–Trinajstić information content (AvgIpc) is 2.77. The fourth-order valence-electron chi connectivity index (χ4n) is 3.14. The first-order chi connectivity index (χ1) is 6.83. The Hall–Kier alpha value is -0.890. The van der Waals surface area contributed by atoms with Crippen molar-refractivity contribution in [2.45, 2.75) is 25.2 Å². The second kappa shape index (κ2) is 2.80. The van der Waals surface area contributed by atoms with E-state index < -0.39 is 0 Å². The molecule has 2 heterocycles. The Morgan fingerprint density at radius 2 is 2.50 bits per heavy atom. The standard InChI is InChI=1S/C12H16N2/c1-9-7-10-3-2-5-14-11(10)12(9)4-6-13-8-12/h2-3,5,9,13H,4,6-8H2,1H3. The van der Waals surface area contributed by atoms with Gasteiger partial charge in [0.1, 0.15) is 0 Å². The number of aromatic nitrogens is 1. The molecule has 1 saturated heterocycles. The molecular formula is C12H16N2. The fraction of sp³-hybridized carbons (Fsp3) is 0.583. The van der Waals surface area contributed by atoms with Gasteiger partial charge < -0.3 is 5.32 Å². The van der Waals surface area contributed by atoms with Crippen LogP contribution < -0.4 is 5.32 Å². The third kappa shape index (κ3) is 0.921. The summed E-state index contributed by atoms with van der Waals surface area (Å²) < 4.78 is 0. The van der Waals surface area contributed by atoms with Gasteiger partial charge in [-0.15, -0.1) is 0 Å². The summed E-state index contributed by atoms with van der Waals surface area (Å²) in [5, 5.41) is 3.49. The molecule has 2 nitrogen and oxygen atoms in total. The maximum atomic E-state index is 4.60. The minimum absolute atomic E-state index is 0.358. The van der Waals surface area contributed by atoms with E-state index in [0.29, 0.717) is 5.41 Å². The van der Waals surface area contributed by atoms with Gasteiger partial charge in [0.2, 0.25) is 0 Å². The van der Waals surface area contributed by atoms with E-state index in [0.717, 1.165) is 19.0 Å². The first kappa shape index (κ1) is 8.42. The maximum absolute atomic E-state index is 4.60. The summed E-state index contributed by atoms with van der Waals surface area (Å²) in [5.41, 5.74) is 3.21. The Bertz CT molecular complexity index is 353. The molecule has 0 amide bonds. The zero-order chi connectivity index (χ0) is 9.60. The topological polar surface area (TPSA) is 24.9 Å². The summed E-state index contributed by atoms with van der Waals surface area (Å²) in [6, 6.07) is 4.30. The molecule has 2 atom stereocenters. The van der Waals surface area contributed by atoms with Crippen LogP contribution in [0.25, 0.3) is 0 Å². The zero-order valence-electron chi connectivity index (χ0n) is 8.59. The Kier molecular flexibility index (Phi) is 1.68. The van der Waals surface area contributed by atoms with E-state index in [4.69, 9.17) is 0 Å². The van der Waals surface area contributed by atoms with Crippen LogP contribution >= 0.6 is 0 Å². The van der Waals surface area contributed by atoms with E-state index in [-0.39, 0.29) is 0 Å². The van der Waals surface area contributed by atoms with Crippen LogP contribution in [0.4, 0.5) is 0 Å². The Morgan fingerprint density at radius 3 is 3.29 bits per heavy atom. The molecule has 1 aliphatic carbocycles. The normalized spacial score (nSPS) is 35.1. The largest absolute Gasteiger partial charge is 0.316 e. The lowest BCUT2D eigenvalue weighted by Gasteiger charge is -2.27. The van der Waals surface area contributed by atoms with Crippen molar-refractivity contribution in [3.8, 4) is 0 Å². The van der Waals surface area contributed by atoms with Gasteiger partial charge in [-0.05, 0) is 36.9 Å². The summed E-state index contributed by atoms with van der Waals surface area (Å²) in [6.45, 7) is 4.65. The van der Waals surface area contributed by atoms with Crippen molar-refractivity contribution in [1.82, 2.24) is 10.3 Å². The molecule has 2 aliphatic rings. The number of fused-ring (bicyclic) bond motifs is 2. The lowest BCUT2D eigenvalue weighted by atomic mass is 9.77. The highest BCUT2D eigenvalue weighted by atomic mass is 14.9. The van der Waals surface area contributed by atoms with Gasteiger partial charge in [0.15, 0.2) is 0 Å². The molecule has 74 valence electrons. The van der Waals surface area contributed by atoms with Crippen LogP contribution in [-0.2, 0) is 11.8 Å². The number of pyridine rings is 1. The van der Waals surface area contributed by atoms with E-state index in [1.165, 1.54) is 24.1 Å². The van der Waals surface area contributed by atoms with Crippen LogP contribution in [0.1, 0.15) is 24.6 Å². The number of rotatable bonds is 0. The molecule has 0 radical (unpaired) electrons. The molecular weight excluding hydrogens is 172 g/mol. The van der Waals surface area contributed by atoms with Crippen LogP contribution in [0.15, 0.2) is 18.3 Å². The number of hydrogen-bond donors (Lipinski definition) is 1. The van der Waals surface area contributed by atoms with Gasteiger partial charge >= 0.3 is 0 Å². The van der Waals surface area contributed by atoms with Gasteiger partial charge in [-0.25, -0.2) is 0 Å². The highest BCUT2D eigenvalue weighted by Gasteiger charge is 2.47. The third-order valence-electron chi connectivity index (χ3n) is 4.02. The second-order valence-corrected chi connectivity index (χ2v) is 4.70. The van der Waals surface area contributed by atoms with Gasteiger partial charge in [0.25, 0.3) is 0 Å². The predicted octanol–water partition coefficient (Wildman–Crippen LogP) is 1.50. The van der Waals surface area contributed by atoms with Crippen LogP contribution in [-0.4, -0.2) is 18.1 Å².